The van der Waals surface area contributed by atoms with Crippen LogP contribution in [0, 0.1) is 25.7 Å². The summed E-state index contributed by atoms with van der Waals surface area (Å²) in [5.74, 6) is -2.02. The van der Waals surface area contributed by atoms with Gasteiger partial charge < -0.3 is 16.0 Å². The van der Waals surface area contributed by atoms with Crippen LogP contribution in [0.1, 0.15) is 46.1 Å². The minimum Gasteiger partial charge on any atom is -0.383 e. The van der Waals surface area contributed by atoms with Gasteiger partial charge in [0.25, 0.3) is 5.92 Å². The van der Waals surface area contributed by atoms with E-state index in [4.69, 9.17) is 10.7 Å². The number of fused-ring (bicyclic) bond motifs is 2. The monoisotopic (exact) mass is 465 g/mol. The predicted molar refractivity (Wildman–Crippen MR) is 126 cm³/mol. The van der Waals surface area contributed by atoms with Crippen molar-refractivity contribution in [1.29, 1.82) is 0 Å². The molecule has 0 amide bonds. The van der Waals surface area contributed by atoms with Gasteiger partial charge in [-0.15, -0.1) is 0 Å². The maximum absolute atomic E-state index is 13.5. The lowest BCUT2D eigenvalue weighted by Gasteiger charge is -2.21. The van der Waals surface area contributed by atoms with Crippen LogP contribution in [-0.4, -0.2) is 38.8 Å². The second kappa shape index (κ2) is 7.73. The summed E-state index contributed by atoms with van der Waals surface area (Å²) in [5.41, 5.74) is 12.6. The molecule has 3 aliphatic rings. The summed E-state index contributed by atoms with van der Waals surface area (Å²) in [6.07, 6.45) is 5.92. The van der Waals surface area contributed by atoms with E-state index in [1.807, 2.05) is 41.8 Å². The van der Waals surface area contributed by atoms with Gasteiger partial charge in [0, 0.05) is 48.8 Å². The molecular weight excluding hydrogens is 436 g/mol. The van der Waals surface area contributed by atoms with Gasteiger partial charge in [-0.2, -0.15) is 5.10 Å². The summed E-state index contributed by atoms with van der Waals surface area (Å²) >= 11 is 0. The minimum atomic E-state index is -2.47. The number of nitrogens with one attached hydrogen (secondary N) is 1. The van der Waals surface area contributed by atoms with E-state index in [1.165, 1.54) is 11.1 Å². The molecule has 7 nitrogen and oxygen atoms in total. The molecule has 2 fully saturated rings. The molecule has 34 heavy (non-hydrogen) atoms. The number of piperidine rings is 1. The van der Waals surface area contributed by atoms with Crippen molar-refractivity contribution in [3.8, 4) is 0 Å². The van der Waals surface area contributed by atoms with Crippen LogP contribution in [0.25, 0.3) is 0 Å². The average molecular weight is 466 g/mol. The summed E-state index contributed by atoms with van der Waals surface area (Å²) < 4.78 is 28.9. The molecule has 1 saturated carbocycles. The average Bonchev–Trinajstić information content (AvgIpc) is 3.34. The first kappa shape index (κ1) is 21.5. The van der Waals surface area contributed by atoms with Crippen molar-refractivity contribution in [2.24, 2.45) is 11.8 Å². The van der Waals surface area contributed by atoms with Crippen LogP contribution in [-0.2, 0) is 19.5 Å². The van der Waals surface area contributed by atoms with Crippen LogP contribution in [0.15, 0.2) is 30.6 Å². The van der Waals surface area contributed by atoms with Crippen LogP contribution < -0.4 is 16.0 Å². The van der Waals surface area contributed by atoms with Gasteiger partial charge in [-0.25, -0.2) is 18.7 Å². The fourth-order valence-corrected chi connectivity index (χ4v) is 5.60. The van der Waals surface area contributed by atoms with Crippen molar-refractivity contribution in [2.75, 3.05) is 23.7 Å². The van der Waals surface area contributed by atoms with Crippen LogP contribution in [0.5, 0.6) is 0 Å². The molecular formula is C25H29F2N7. The van der Waals surface area contributed by atoms with Crippen molar-refractivity contribution in [3.63, 3.8) is 0 Å². The smallest absolute Gasteiger partial charge is 0.258 e. The second-order valence-electron chi connectivity index (χ2n) is 9.94. The highest BCUT2D eigenvalue weighted by molar-refractivity contribution is 5.50. The molecule has 3 atom stereocenters. The number of nitrogen functional groups attached to an aromatic ring is 1. The first-order chi connectivity index (χ1) is 16.3. The first-order valence-electron chi connectivity index (χ1n) is 11.9. The number of anilines is 2. The molecule has 3 aromatic heterocycles. The lowest BCUT2D eigenvalue weighted by Crippen LogP contribution is -2.28. The Hall–Kier alpha value is -3.07. The zero-order chi connectivity index (χ0) is 23.6. The lowest BCUT2D eigenvalue weighted by molar-refractivity contribution is 0.0797. The summed E-state index contributed by atoms with van der Waals surface area (Å²) in [6.45, 7) is 6.08. The van der Waals surface area contributed by atoms with Crippen molar-refractivity contribution in [3.05, 3.63) is 64.2 Å². The number of rotatable bonds is 6. The molecule has 1 saturated heterocycles. The third-order valence-electron chi connectivity index (χ3n) is 7.65. The zero-order valence-electron chi connectivity index (χ0n) is 19.4. The molecule has 9 heteroatoms. The third-order valence-corrected chi connectivity index (χ3v) is 7.65. The Balaban J connectivity index is 1.07. The Morgan fingerprint density at radius 1 is 1.18 bits per heavy atom. The number of pyridine rings is 2. The van der Waals surface area contributed by atoms with Crippen LogP contribution >= 0.6 is 0 Å². The predicted octanol–water partition coefficient (Wildman–Crippen LogP) is 3.40. The standard InChI is InChI=1S/C25H29F2N7/c1-14-7-19-18(24(28)31-14)4-5-22(19)29-8-16-9-30-34(10-16)11-17-3-6-23(32-15(17)2)33-12-20-21(13-33)25(20,26)27/h3,6-7,9-10,20-22,29H,4-5,8,11-13H2,1-2H3,(H2,28,31)/t20?,21?,22-/m1/s1. The Labute approximate surface area is 197 Å². The van der Waals surface area contributed by atoms with E-state index in [-0.39, 0.29) is 6.04 Å². The molecule has 1 aliphatic heterocycles. The van der Waals surface area contributed by atoms with Gasteiger partial charge in [0.05, 0.1) is 24.6 Å². The topological polar surface area (TPSA) is 84.9 Å². The molecule has 3 aromatic rings. The minimum absolute atomic E-state index is 0.276. The molecule has 178 valence electrons. The maximum atomic E-state index is 13.5. The summed E-state index contributed by atoms with van der Waals surface area (Å²) in [5, 5.41) is 8.17. The molecule has 2 unspecified atom stereocenters. The van der Waals surface area contributed by atoms with Gasteiger partial charge >= 0.3 is 0 Å². The molecule has 0 aromatic carbocycles. The van der Waals surface area contributed by atoms with Gasteiger partial charge in [-0.1, -0.05) is 6.07 Å². The maximum Gasteiger partial charge on any atom is 0.258 e. The normalized spacial score (nSPS) is 24.4. The highest BCUT2D eigenvalue weighted by Crippen LogP contribution is 2.59. The van der Waals surface area contributed by atoms with Crippen LogP contribution in [0.4, 0.5) is 20.4 Å². The van der Waals surface area contributed by atoms with E-state index >= 15 is 0 Å². The summed E-state index contributed by atoms with van der Waals surface area (Å²) in [7, 11) is 0. The number of nitrogens with two attached hydrogens (primary N) is 1. The van der Waals surface area contributed by atoms with E-state index in [0.717, 1.165) is 47.7 Å². The lowest BCUT2D eigenvalue weighted by atomic mass is 10.1. The number of alkyl halides is 2. The number of hydrogen-bond donors (Lipinski definition) is 2. The highest BCUT2D eigenvalue weighted by atomic mass is 19.3. The van der Waals surface area contributed by atoms with Gasteiger partial charge in [0.15, 0.2) is 0 Å². The summed E-state index contributed by atoms with van der Waals surface area (Å²) in [4.78, 5) is 11.1. The van der Waals surface area contributed by atoms with E-state index in [0.29, 0.717) is 25.5 Å². The van der Waals surface area contributed by atoms with Gasteiger partial charge in [0.1, 0.15) is 11.6 Å². The van der Waals surface area contributed by atoms with E-state index < -0.39 is 17.8 Å². The van der Waals surface area contributed by atoms with Gasteiger partial charge in [-0.3, -0.25) is 4.68 Å². The molecule has 3 N–H and O–H groups in total. The van der Waals surface area contributed by atoms with Crippen molar-refractivity contribution in [2.45, 2.75) is 51.7 Å². The number of hydrogen-bond acceptors (Lipinski definition) is 6. The molecule has 6 rings (SSSR count). The van der Waals surface area contributed by atoms with Crippen LogP contribution in [0.3, 0.4) is 0 Å². The Morgan fingerprint density at radius 3 is 2.74 bits per heavy atom. The zero-order valence-corrected chi connectivity index (χ0v) is 19.4. The Bertz CT molecular complexity index is 1240. The van der Waals surface area contributed by atoms with E-state index in [9.17, 15) is 8.78 Å². The van der Waals surface area contributed by atoms with Crippen LogP contribution in [0.2, 0.25) is 0 Å². The Kier molecular flexibility index (Phi) is 4.88. The Morgan fingerprint density at radius 2 is 1.97 bits per heavy atom. The molecule has 0 spiro atoms. The van der Waals surface area contributed by atoms with Crippen molar-refractivity contribution in [1.82, 2.24) is 25.1 Å². The van der Waals surface area contributed by atoms with E-state index in [2.05, 4.69) is 27.7 Å². The molecule has 2 aliphatic carbocycles. The molecule has 4 heterocycles. The summed E-state index contributed by atoms with van der Waals surface area (Å²) in [6, 6.07) is 6.39. The van der Waals surface area contributed by atoms with Gasteiger partial charge in [0.2, 0.25) is 0 Å². The quantitative estimate of drug-likeness (QED) is 0.581. The fraction of sp³-hybridized carbons (Fsp3) is 0.480. The number of aryl methyl sites for hydroxylation is 2. The van der Waals surface area contributed by atoms with Gasteiger partial charge in [-0.05, 0) is 55.5 Å². The fourth-order valence-electron chi connectivity index (χ4n) is 5.60. The molecule has 0 radical (unpaired) electrons. The van der Waals surface area contributed by atoms with Crippen molar-refractivity contribution < 1.29 is 8.78 Å². The molecule has 0 bridgehead atoms. The van der Waals surface area contributed by atoms with Crippen molar-refractivity contribution >= 4 is 11.6 Å². The SMILES string of the molecule is Cc1cc2c(c(N)n1)CC[C@H]2NCc1cnn(Cc2ccc(N3CC4C(C3)C4(F)F)nc2C)c1. The second-order valence-corrected chi connectivity index (χ2v) is 9.94. The number of halogens is 2. The first-order valence-corrected chi connectivity index (χ1v) is 11.9. The van der Waals surface area contributed by atoms with E-state index in [1.54, 1.807) is 0 Å². The highest BCUT2D eigenvalue weighted by Gasteiger charge is 2.71. The number of nitrogens with zero attached hydrogens (tertiary/aromatic N) is 5. The third kappa shape index (κ3) is 3.62. The number of aromatic nitrogens is 4. The largest absolute Gasteiger partial charge is 0.383 e.